The molecule has 1 N–H and O–H groups in total. The molecule has 0 atom stereocenters. The van der Waals surface area contributed by atoms with Gasteiger partial charge in [0.25, 0.3) is 0 Å². The lowest BCUT2D eigenvalue weighted by molar-refractivity contribution is -0.150. The maximum absolute atomic E-state index is 12.5. The van der Waals surface area contributed by atoms with Gasteiger partial charge in [0.1, 0.15) is 0 Å². The van der Waals surface area contributed by atoms with Gasteiger partial charge >= 0.3 is 5.97 Å². The summed E-state index contributed by atoms with van der Waals surface area (Å²) in [4.78, 5) is 12.5. The fourth-order valence-corrected chi connectivity index (χ4v) is 5.74. The van der Waals surface area contributed by atoms with Gasteiger partial charge in [-0.15, -0.1) is 0 Å². The largest absolute Gasteiger partial charge is 0.481 e. The average molecular weight is 509 g/mol. The summed E-state index contributed by atoms with van der Waals surface area (Å²) in [6, 6.07) is 0. The van der Waals surface area contributed by atoms with Crippen molar-refractivity contribution in [3.63, 3.8) is 0 Å². The van der Waals surface area contributed by atoms with Crippen molar-refractivity contribution in [2.75, 3.05) is 0 Å². The Morgan fingerprint density at radius 3 is 1.06 bits per heavy atom. The molecule has 0 spiro atoms. The van der Waals surface area contributed by atoms with Crippen molar-refractivity contribution in [1.82, 2.24) is 0 Å². The first-order valence-corrected chi connectivity index (χ1v) is 16.6. The van der Waals surface area contributed by atoms with Gasteiger partial charge in [0.15, 0.2) is 0 Å². The fourth-order valence-electron chi connectivity index (χ4n) is 5.74. The van der Waals surface area contributed by atoms with Crippen LogP contribution in [0.3, 0.4) is 0 Å². The fraction of sp³-hybridized carbons (Fsp3) is 0.971. The molecule has 0 aliphatic carbocycles. The highest BCUT2D eigenvalue weighted by atomic mass is 16.4. The molecule has 0 aromatic rings. The van der Waals surface area contributed by atoms with Gasteiger partial charge < -0.3 is 5.11 Å². The molecule has 216 valence electrons. The first-order valence-electron chi connectivity index (χ1n) is 16.6. The van der Waals surface area contributed by atoms with Crippen LogP contribution in [0.2, 0.25) is 0 Å². The summed E-state index contributed by atoms with van der Waals surface area (Å²) in [5.74, 6) is 1.00. The lowest BCUT2D eigenvalue weighted by Crippen LogP contribution is -2.31. The molecule has 0 aliphatic heterocycles. The normalized spacial score (nSPS) is 12.2. The van der Waals surface area contributed by atoms with Crippen LogP contribution < -0.4 is 0 Å². The molecule has 0 saturated heterocycles. The van der Waals surface area contributed by atoms with Gasteiger partial charge in [-0.05, 0) is 31.1 Å². The van der Waals surface area contributed by atoms with Crippen LogP contribution in [-0.2, 0) is 4.79 Å². The lowest BCUT2D eigenvalue weighted by atomic mass is 9.74. The van der Waals surface area contributed by atoms with Crippen LogP contribution in [-0.4, -0.2) is 11.1 Å². The third kappa shape index (κ3) is 21.5. The van der Waals surface area contributed by atoms with Crippen LogP contribution in [0.1, 0.15) is 195 Å². The molecular formula is C34H68O2. The molecule has 0 aromatic heterocycles. The summed E-state index contributed by atoms with van der Waals surface area (Å²) in [5, 5.41) is 10.3. The summed E-state index contributed by atoms with van der Waals surface area (Å²) in [7, 11) is 0. The molecular weight excluding hydrogens is 440 g/mol. The Hall–Kier alpha value is -0.530. The van der Waals surface area contributed by atoms with E-state index < -0.39 is 11.4 Å². The first kappa shape index (κ1) is 35.5. The topological polar surface area (TPSA) is 37.3 Å². The SMILES string of the molecule is CCCCCCCCCCCCCCCCC(CCCCCC(C)C)(CCCCCC(C)C)C(=O)O. The van der Waals surface area contributed by atoms with E-state index in [4.69, 9.17) is 0 Å². The van der Waals surface area contributed by atoms with Gasteiger partial charge in [0, 0.05) is 0 Å². The number of carbonyl (C=O) groups is 1. The minimum atomic E-state index is -0.509. The molecule has 0 rings (SSSR count). The number of aliphatic carboxylic acids is 1. The van der Waals surface area contributed by atoms with Gasteiger partial charge in [-0.25, -0.2) is 0 Å². The molecule has 2 nitrogen and oxygen atoms in total. The van der Waals surface area contributed by atoms with E-state index in [0.717, 1.165) is 50.4 Å². The number of rotatable bonds is 28. The molecule has 0 radical (unpaired) electrons. The van der Waals surface area contributed by atoms with Crippen LogP contribution >= 0.6 is 0 Å². The zero-order chi connectivity index (χ0) is 26.9. The van der Waals surface area contributed by atoms with Gasteiger partial charge in [-0.1, -0.05) is 176 Å². The van der Waals surface area contributed by atoms with E-state index in [1.54, 1.807) is 0 Å². The van der Waals surface area contributed by atoms with Crippen LogP contribution in [0.4, 0.5) is 0 Å². The van der Waals surface area contributed by atoms with Crippen molar-refractivity contribution in [3.8, 4) is 0 Å². The van der Waals surface area contributed by atoms with Crippen molar-refractivity contribution in [2.24, 2.45) is 17.3 Å². The van der Waals surface area contributed by atoms with E-state index in [0.29, 0.717) is 0 Å². The predicted octanol–water partition coefficient (Wildman–Crippen LogP) is 12.1. The second-order valence-electron chi connectivity index (χ2n) is 12.9. The monoisotopic (exact) mass is 509 g/mol. The van der Waals surface area contributed by atoms with E-state index in [1.165, 1.54) is 122 Å². The van der Waals surface area contributed by atoms with Crippen molar-refractivity contribution in [2.45, 2.75) is 195 Å². The van der Waals surface area contributed by atoms with Crippen molar-refractivity contribution in [3.05, 3.63) is 0 Å². The molecule has 0 heterocycles. The zero-order valence-electron chi connectivity index (χ0n) is 25.7. The molecule has 0 bridgehead atoms. The molecule has 2 heteroatoms. The minimum absolute atomic E-state index is 0.465. The van der Waals surface area contributed by atoms with Gasteiger partial charge in [0.05, 0.1) is 5.41 Å². The average Bonchev–Trinajstić information content (AvgIpc) is 2.82. The molecule has 0 amide bonds. The van der Waals surface area contributed by atoms with Gasteiger partial charge in [-0.2, -0.15) is 0 Å². The second kappa shape index (κ2) is 24.8. The summed E-state index contributed by atoms with van der Waals surface area (Å²) < 4.78 is 0. The van der Waals surface area contributed by atoms with Crippen molar-refractivity contribution >= 4 is 5.97 Å². The second-order valence-corrected chi connectivity index (χ2v) is 12.9. The highest BCUT2D eigenvalue weighted by Crippen LogP contribution is 2.38. The Morgan fingerprint density at radius 2 is 0.778 bits per heavy atom. The molecule has 0 aliphatic rings. The first-order chi connectivity index (χ1) is 17.3. The predicted molar refractivity (Wildman–Crippen MR) is 161 cm³/mol. The van der Waals surface area contributed by atoms with Crippen LogP contribution in [0.25, 0.3) is 0 Å². The summed E-state index contributed by atoms with van der Waals surface area (Å²) in [5.41, 5.74) is -0.465. The number of unbranched alkanes of at least 4 members (excludes halogenated alkanes) is 17. The highest BCUT2D eigenvalue weighted by molar-refractivity contribution is 5.74. The van der Waals surface area contributed by atoms with Crippen LogP contribution in [0.5, 0.6) is 0 Å². The maximum Gasteiger partial charge on any atom is 0.309 e. The molecule has 0 fully saturated rings. The molecule has 0 unspecified atom stereocenters. The molecule has 36 heavy (non-hydrogen) atoms. The number of carboxylic acid groups (broad SMARTS) is 1. The van der Waals surface area contributed by atoms with Crippen LogP contribution in [0, 0.1) is 17.3 Å². The summed E-state index contributed by atoms with van der Waals surface area (Å²) in [6.45, 7) is 11.4. The minimum Gasteiger partial charge on any atom is -0.481 e. The van der Waals surface area contributed by atoms with E-state index in [2.05, 4.69) is 34.6 Å². The number of carboxylic acids is 1. The lowest BCUT2D eigenvalue weighted by Gasteiger charge is -2.30. The van der Waals surface area contributed by atoms with E-state index in [9.17, 15) is 9.90 Å². The molecule has 0 aromatic carbocycles. The number of hydrogen-bond donors (Lipinski definition) is 1. The van der Waals surface area contributed by atoms with Gasteiger partial charge in [-0.3, -0.25) is 4.79 Å². The Bertz CT molecular complexity index is 450. The Balaban J connectivity index is 4.23. The van der Waals surface area contributed by atoms with Gasteiger partial charge in [0.2, 0.25) is 0 Å². The van der Waals surface area contributed by atoms with Crippen molar-refractivity contribution < 1.29 is 9.90 Å². The van der Waals surface area contributed by atoms with E-state index in [1.807, 2.05) is 0 Å². The van der Waals surface area contributed by atoms with E-state index >= 15 is 0 Å². The smallest absolute Gasteiger partial charge is 0.309 e. The van der Waals surface area contributed by atoms with Crippen molar-refractivity contribution in [1.29, 1.82) is 0 Å². The zero-order valence-corrected chi connectivity index (χ0v) is 25.7. The quantitative estimate of drug-likeness (QED) is 0.107. The Morgan fingerprint density at radius 1 is 0.500 bits per heavy atom. The Labute approximate surface area is 228 Å². The maximum atomic E-state index is 12.5. The van der Waals surface area contributed by atoms with Crippen LogP contribution in [0.15, 0.2) is 0 Å². The molecule has 0 saturated carbocycles. The highest BCUT2D eigenvalue weighted by Gasteiger charge is 2.36. The number of hydrogen-bond acceptors (Lipinski definition) is 1. The summed E-state index contributed by atoms with van der Waals surface area (Å²) in [6.07, 6.45) is 31.3. The van der Waals surface area contributed by atoms with E-state index in [-0.39, 0.29) is 0 Å². The standard InChI is InChI=1S/C34H68O2/c1-6-7-8-9-10-11-12-13-14-15-16-17-18-23-28-34(33(35)36,29-24-19-21-26-31(2)3)30-25-20-22-27-32(4)5/h31-32H,6-30H2,1-5H3,(H,35,36). The summed E-state index contributed by atoms with van der Waals surface area (Å²) >= 11 is 0. The third-order valence-electron chi connectivity index (χ3n) is 8.34. The third-order valence-corrected chi connectivity index (χ3v) is 8.34. The Kier molecular flexibility index (Phi) is 24.4.